The largest absolute Gasteiger partial charge is 0.497 e. The van der Waals surface area contributed by atoms with Crippen LogP contribution in [0.15, 0.2) is 48.5 Å². The van der Waals surface area contributed by atoms with Gasteiger partial charge in [0.25, 0.3) is 5.91 Å². The first-order chi connectivity index (χ1) is 10.1. The van der Waals surface area contributed by atoms with E-state index in [0.717, 1.165) is 33.7 Å². The lowest BCUT2D eigenvalue weighted by Gasteiger charge is -2.09. The second-order valence-electron chi connectivity index (χ2n) is 5.11. The normalized spacial score (nSPS) is 16.0. The molecule has 0 aliphatic carbocycles. The highest BCUT2D eigenvalue weighted by atomic mass is 16.5. The van der Waals surface area contributed by atoms with Gasteiger partial charge in [-0.25, -0.2) is 0 Å². The molecule has 0 saturated heterocycles. The molecular weight excluding hydrogens is 262 g/mol. The summed E-state index contributed by atoms with van der Waals surface area (Å²) < 4.78 is 5.29. The summed E-state index contributed by atoms with van der Waals surface area (Å²) in [5, 5.41) is 0. The standard InChI is InChI=1S/C18H17NO2/c1-12(13-7-5-4-6-8-13)17-15-11-14(21-3)9-10-16(15)19(2)18(17)20/h4-11H,1-3H3/b17-12-. The number of carbonyl (C=O) groups excluding carboxylic acids is 1. The summed E-state index contributed by atoms with van der Waals surface area (Å²) in [6.45, 7) is 1.99. The molecule has 106 valence electrons. The van der Waals surface area contributed by atoms with Gasteiger partial charge in [-0.2, -0.15) is 0 Å². The highest BCUT2D eigenvalue weighted by Gasteiger charge is 2.31. The fourth-order valence-corrected chi connectivity index (χ4v) is 2.72. The third-order valence-electron chi connectivity index (χ3n) is 3.93. The van der Waals surface area contributed by atoms with Crippen LogP contribution in [0, 0.1) is 0 Å². The van der Waals surface area contributed by atoms with Crippen molar-refractivity contribution in [3.05, 3.63) is 59.7 Å². The Morgan fingerprint density at radius 2 is 1.81 bits per heavy atom. The van der Waals surface area contributed by atoms with E-state index >= 15 is 0 Å². The van der Waals surface area contributed by atoms with Gasteiger partial charge in [-0.15, -0.1) is 0 Å². The molecule has 0 radical (unpaired) electrons. The lowest BCUT2D eigenvalue weighted by atomic mass is 9.96. The van der Waals surface area contributed by atoms with Crippen molar-refractivity contribution in [3.8, 4) is 5.75 Å². The first-order valence-electron chi connectivity index (χ1n) is 6.86. The van der Waals surface area contributed by atoms with Gasteiger partial charge in [0.1, 0.15) is 5.75 Å². The summed E-state index contributed by atoms with van der Waals surface area (Å²) in [4.78, 5) is 14.3. The number of fused-ring (bicyclic) bond motifs is 1. The molecule has 3 rings (SSSR count). The minimum Gasteiger partial charge on any atom is -0.497 e. The van der Waals surface area contributed by atoms with E-state index in [1.807, 2.05) is 55.5 Å². The Kier molecular flexibility index (Phi) is 3.26. The number of hydrogen-bond acceptors (Lipinski definition) is 2. The van der Waals surface area contributed by atoms with Gasteiger partial charge >= 0.3 is 0 Å². The number of benzene rings is 2. The summed E-state index contributed by atoms with van der Waals surface area (Å²) in [5.41, 5.74) is 4.65. The van der Waals surface area contributed by atoms with Gasteiger partial charge in [0.15, 0.2) is 0 Å². The van der Waals surface area contributed by atoms with Crippen molar-refractivity contribution >= 4 is 22.7 Å². The van der Waals surface area contributed by atoms with Gasteiger partial charge in [-0.3, -0.25) is 4.79 Å². The van der Waals surface area contributed by atoms with Gasteiger partial charge in [0, 0.05) is 12.6 Å². The minimum atomic E-state index is 0.0274. The Morgan fingerprint density at radius 1 is 1.10 bits per heavy atom. The van der Waals surface area contributed by atoms with Crippen molar-refractivity contribution in [1.29, 1.82) is 0 Å². The number of allylic oxidation sites excluding steroid dienone is 1. The Labute approximate surface area is 124 Å². The lowest BCUT2D eigenvalue weighted by molar-refractivity contribution is -0.112. The predicted octanol–water partition coefficient (Wildman–Crippen LogP) is 3.60. The number of rotatable bonds is 2. The minimum absolute atomic E-state index is 0.0274. The molecule has 1 aliphatic heterocycles. The molecule has 0 unspecified atom stereocenters. The van der Waals surface area contributed by atoms with Crippen LogP contribution in [0.4, 0.5) is 5.69 Å². The van der Waals surface area contributed by atoms with Gasteiger partial charge in [0.2, 0.25) is 0 Å². The molecule has 21 heavy (non-hydrogen) atoms. The van der Waals surface area contributed by atoms with Crippen molar-refractivity contribution in [3.63, 3.8) is 0 Å². The van der Waals surface area contributed by atoms with Crippen LogP contribution in [0.25, 0.3) is 11.1 Å². The molecule has 3 heteroatoms. The Morgan fingerprint density at radius 3 is 2.48 bits per heavy atom. The number of hydrogen-bond donors (Lipinski definition) is 0. The van der Waals surface area contributed by atoms with Gasteiger partial charge in [0.05, 0.1) is 18.4 Å². The van der Waals surface area contributed by atoms with Crippen LogP contribution in [0.5, 0.6) is 5.75 Å². The molecule has 1 heterocycles. The number of anilines is 1. The van der Waals surface area contributed by atoms with Crippen LogP contribution in [-0.2, 0) is 4.79 Å². The average Bonchev–Trinajstić information content (AvgIpc) is 2.78. The third-order valence-corrected chi connectivity index (χ3v) is 3.93. The maximum absolute atomic E-state index is 12.6. The number of carbonyl (C=O) groups is 1. The highest BCUT2D eigenvalue weighted by Crippen LogP contribution is 2.41. The molecule has 2 aromatic carbocycles. The van der Waals surface area contributed by atoms with Crippen LogP contribution in [0.1, 0.15) is 18.1 Å². The summed E-state index contributed by atoms with van der Waals surface area (Å²) >= 11 is 0. The van der Waals surface area contributed by atoms with E-state index in [-0.39, 0.29) is 5.91 Å². The molecule has 0 saturated carbocycles. The molecule has 1 amide bonds. The molecular formula is C18H17NO2. The molecule has 0 N–H and O–H groups in total. The maximum atomic E-state index is 12.6. The zero-order valence-electron chi connectivity index (χ0n) is 12.4. The molecule has 0 spiro atoms. The summed E-state index contributed by atoms with van der Waals surface area (Å²) in [6.07, 6.45) is 0. The van der Waals surface area contributed by atoms with Crippen molar-refractivity contribution in [2.45, 2.75) is 6.92 Å². The van der Waals surface area contributed by atoms with E-state index in [1.54, 1.807) is 19.1 Å². The molecule has 0 atom stereocenters. The number of likely N-dealkylation sites (N-methyl/N-ethyl adjacent to an activating group) is 1. The fourth-order valence-electron chi connectivity index (χ4n) is 2.72. The van der Waals surface area contributed by atoms with Crippen LogP contribution in [0.3, 0.4) is 0 Å². The molecule has 3 nitrogen and oxygen atoms in total. The Bertz CT molecular complexity index is 732. The summed E-state index contributed by atoms with van der Waals surface area (Å²) in [6, 6.07) is 15.7. The second-order valence-corrected chi connectivity index (χ2v) is 5.11. The number of methoxy groups -OCH3 is 1. The first kappa shape index (κ1) is 13.4. The lowest BCUT2D eigenvalue weighted by Crippen LogP contribution is -2.20. The Hall–Kier alpha value is -2.55. The van der Waals surface area contributed by atoms with Crippen molar-refractivity contribution in [1.82, 2.24) is 0 Å². The van der Waals surface area contributed by atoms with E-state index in [2.05, 4.69) is 0 Å². The van der Waals surface area contributed by atoms with Gasteiger partial charge in [-0.05, 0) is 36.3 Å². The fraction of sp³-hybridized carbons (Fsp3) is 0.167. The Balaban J connectivity index is 2.23. The summed E-state index contributed by atoms with van der Waals surface area (Å²) in [7, 11) is 3.44. The van der Waals surface area contributed by atoms with Crippen LogP contribution in [-0.4, -0.2) is 20.1 Å². The van der Waals surface area contributed by atoms with E-state index in [0.29, 0.717) is 0 Å². The van der Waals surface area contributed by atoms with E-state index < -0.39 is 0 Å². The van der Waals surface area contributed by atoms with Crippen LogP contribution < -0.4 is 9.64 Å². The van der Waals surface area contributed by atoms with E-state index in [1.165, 1.54) is 0 Å². The summed E-state index contributed by atoms with van der Waals surface area (Å²) in [5.74, 6) is 0.787. The van der Waals surface area contributed by atoms with Crippen molar-refractivity contribution < 1.29 is 9.53 Å². The quantitative estimate of drug-likeness (QED) is 0.786. The monoisotopic (exact) mass is 279 g/mol. The maximum Gasteiger partial charge on any atom is 0.259 e. The zero-order chi connectivity index (χ0) is 15.0. The molecule has 2 aromatic rings. The second kappa shape index (κ2) is 5.09. The number of ether oxygens (including phenoxy) is 1. The average molecular weight is 279 g/mol. The van der Waals surface area contributed by atoms with E-state index in [9.17, 15) is 4.79 Å². The first-order valence-corrected chi connectivity index (χ1v) is 6.86. The topological polar surface area (TPSA) is 29.5 Å². The van der Waals surface area contributed by atoms with Crippen molar-refractivity contribution in [2.75, 3.05) is 19.1 Å². The molecule has 0 aromatic heterocycles. The molecule has 0 fully saturated rings. The third kappa shape index (κ3) is 2.11. The molecule has 1 aliphatic rings. The van der Waals surface area contributed by atoms with Crippen LogP contribution >= 0.6 is 0 Å². The number of nitrogens with zero attached hydrogens (tertiary/aromatic N) is 1. The van der Waals surface area contributed by atoms with Crippen LogP contribution in [0.2, 0.25) is 0 Å². The highest BCUT2D eigenvalue weighted by molar-refractivity contribution is 6.37. The molecule has 0 bridgehead atoms. The van der Waals surface area contributed by atoms with Gasteiger partial charge < -0.3 is 9.64 Å². The smallest absolute Gasteiger partial charge is 0.259 e. The van der Waals surface area contributed by atoms with Crippen molar-refractivity contribution in [2.24, 2.45) is 0 Å². The predicted molar refractivity (Wildman–Crippen MR) is 85.3 cm³/mol. The number of amides is 1. The zero-order valence-corrected chi connectivity index (χ0v) is 12.4. The van der Waals surface area contributed by atoms with E-state index in [4.69, 9.17) is 4.74 Å². The SMILES string of the molecule is COc1ccc2c(c1)/C(=C(\C)c1ccccc1)C(=O)N2C. The van der Waals surface area contributed by atoms with Gasteiger partial charge in [-0.1, -0.05) is 30.3 Å².